The number of hydrogen-bond donors (Lipinski definition) is 1. The van der Waals surface area contributed by atoms with Gasteiger partial charge in [-0.3, -0.25) is 4.79 Å². The minimum atomic E-state index is -4.60. The fraction of sp³-hybridized carbons (Fsp3) is 0.125. The lowest BCUT2D eigenvalue weighted by atomic mass is 10.0. The average Bonchev–Trinajstić information content (AvgIpc) is 2.94. The highest BCUT2D eigenvalue weighted by atomic mass is 35.5. The highest BCUT2D eigenvalue weighted by Crippen LogP contribution is 2.38. The summed E-state index contributed by atoms with van der Waals surface area (Å²) in [5.74, 6) is 0. The first-order chi connectivity index (χ1) is 11.3. The van der Waals surface area contributed by atoms with E-state index in [-0.39, 0.29) is 17.5 Å². The molecule has 0 bridgehead atoms. The summed E-state index contributed by atoms with van der Waals surface area (Å²) in [4.78, 5) is 26.0. The van der Waals surface area contributed by atoms with Gasteiger partial charge in [0, 0.05) is 18.0 Å². The highest BCUT2D eigenvalue weighted by Gasteiger charge is 2.33. The second kappa shape index (κ2) is 5.83. The third-order valence-corrected chi connectivity index (χ3v) is 3.99. The van der Waals surface area contributed by atoms with Crippen molar-refractivity contribution >= 4 is 28.8 Å². The maximum absolute atomic E-state index is 13.0. The van der Waals surface area contributed by atoms with Crippen LogP contribution in [-0.4, -0.2) is 15.8 Å². The van der Waals surface area contributed by atoms with Gasteiger partial charge in [0.15, 0.2) is 0 Å². The molecule has 1 aromatic carbocycles. The van der Waals surface area contributed by atoms with Crippen molar-refractivity contribution in [1.29, 1.82) is 0 Å². The molecule has 0 aliphatic carbocycles. The van der Waals surface area contributed by atoms with Crippen LogP contribution >= 0.6 is 11.6 Å². The number of halogens is 4. The number of fused-ring (bicyclic) bond motifs is 1. The Labute approximate surface area is 138 Å². The molecule has 0 unspecified atom stereocenters. The van der Waals surface area contributed by atoms with Gasteiger partial charge in [0.1, 0.15) is 6.29 Å². The largest absolute Gasteiger partial charge is 0.417 e. The van der Waals surface area contributed by atoms with Gasteiger partial charge in [-0.05, 0) is 23.8 Å². The Morgan fingerprint density at radius 1 is 1.25 bits per heavy atom. The van der Waals surface area contributed by atoms with Crippen LogP contribution in [0.15, 0.2) is 41.5 Å². The second-order valence-corrected chi connectivity index (χ2v) is 5.53. The molecule has 0 atom stereocenters. The summed E-state index contributed by atoms with van der Waals surface area (Å²) >= 11 is 5.63. The summed E-state index contributed by atoms with van der Waals surface area (Å²) in [5, 5.41) is -0.195. The summed E-state index contributed by atoms with van der Waals surface area (Å²) < 4.78 is 40.3. The predicted octanol–water partition coefficient (Wildman–Crippen LogP) is 3.87. The maximum Gasteiger partial charge on any atom is 0.417 e. The molecule has 0 spiro atoms. The van der Waals surface area contributed by atoms with Gasteiger partial charge in [-0.1, -0.05) is 17.7 Å². The van der Waals surface area contributed by atoms with Gasteiger partial charge >= 0.3 is 6.18 Å². The fourth-order valence-corrected chi connectivity index (χ4v) is 2.76. The Balaban J connectivity index is 2.26. The molecular weight excluding hydrogens is 345 g/mol. The molecule has 0 radical (unpaired) electrons. The number of nitrogens with zero attached hydrogens (tertiary/aromatic N) is 1. The van der Waals surface area contributed by atoms with Gasteiger partial charge in [0.25, 0.3) is 5.56 Å². The maximum atomic E-state index is 13.0. The lowest BCUT2D eigenvalue weighted by Gasteiger charge is -2.10. The van der Waals surface area contributed by atoms with Crippen molar-refractivity contribution in [3.8, 4) is 11.1 Å². The summed E-state index contributed by atoms with van der Waals surface area (Å²) in [6.45, 7) is -0.131. The normalized spacial score (nSPS) is 11.8. The molecular formula is C16H10ClF3N2O2. The molecule has 2 aromatic heterocycles. The number of H-pyrrole nitrogens is 1. The molecule has 0 aliphatic rings. The quantitative estimate of drug-likeness (QED) is 0.726. The molecule has 1 N–H and O–H groups in total. The topological polar surface area (TPSA) is 54.9 Å². The number of aldehydes is 1. The van der Waals surface area contributed by atoms with Crippen molar-refractivity contribution in [2.45, 2.75) is 12.7 Å². The monoisotopic (exact) mass is 354 g/mol. The van der Waals surface area contributed by atoms with Gasteiger partial charge in [-0.15, -0.1) is 0 Å². The molecule has 0 fully saturated rings. The van der Waals surface area contributed by atoms with Crippen molar-refractivity contribution in [3.05, 3.63) is 57.6 Å². The zero-order chi connectivity index (χ0) is 17.5. The van der Waals surface area contributed by atoms with Crippen LogP contribution in [0.2, 0.25) is 5.02 Å². The Bertz CT molecular complexity index is 989. The predicted molar refractivity (Wildman–Crippen MR) is 84.1 cm³/mol. The van der Waals surface area contributed by atoms with Crippen molar-refractivity contribution < 1.29 is 18.0 Å². The van der Waals surface area contributed by atoms with Crippen LogP contribution in [0.25, 0.3) is 22.0 Å². The molecule has 124 valence electrons. The van der Waals surface area contributed by atoms with E-state index in [1.165, 1.54) is 23.0 Å². The SMILES string of the molecule is O=CCn1ccc2[nH]cc(-c3ccc(Cl)c(C(F)(F)F)c3)c2c1=O. The molecule has 24 heavy (non-hydrogen) atoms. The molecule has 8 heteroatoms. The lowest BCUT2D eigenvalue weighted by Crippen LogP contribution is -2.20. The van der Waals surface area contributed by atoms with Crippen molar-refractivity contribution in [1.82, 2.24) is 9.55 Å². The third kappa shape index (κ3) is 2.71. The molecule has 0 aliphatic heterocycles. The number of aromatic amines is 1. The lowest BCUT2D eigenvalue weighted by molar-refractivity contribution is -0.137. The van der Waals surface area contributed by atoms with E-state index in [0.717, 1.165) is 12.1 Å². The number of benzene rings is 1. The zero-order valence-corrected chi connectivity index (χ0v) is 12.8. The van der Waals surface area contributed by atoms with Gasteiger partial charge in [-0.25, -0.2) is 0 Å². The number of nitrogens with one attached hydrogen (secondary N) is 1. The number of carbonyl (C=O) groups is 1. The number of carbonyl (C=O) groups excluding carboxylic acids is 1. The van der Waals surface area contributed by atoms with E-state index >= 15 is 0 Å². The first-order valence-corrected chi connectivity index (χ1v) is 7.22. The van der Waals surface area contributed by atoms with Gasteiger partial charge in [0.2, 0.25) is 0 Å². The number of alkyl halides is 3. The van der Waals surface area contributed by atoms with E-state index < -0.39 is 22.3 Å². The second-order valence-electron chi connectivity index (χ2n) is 5.12. The zero-order valence-electron chi connectivity index (χ0n) is 12.0. The van der Waals surface area contributed by atoms with E-state index in [4.69, 9.17) is 11.6 Å². The van der Waals surface area contributed by atoms with Gasteiger partial charge < -0.3 is 14.3 Å². The van der Waals surface area contributed by atoms with Crippen molar-refractivity contribution in [2.75, 3.05) is 0 Å². The van der Waals surface area contributed by atoms with E-state index in [0.29, 0.717) is 17.4 Å². The van der Waals surface area contributed by atoms with Crippen LogP contribution in [-0.2, 0) is 17.5 Å². The van der Waals surface area contributed by atoms with E-state index in [9.17, 15) is 22.8 Å². The highest BCUT2D eigenvalue weighted by molar-refractivity contribution is 6.31. The summed E-state index contributed by atoms with van der Waals surface area (Å²) in [5.41, 5.74) is -0.434. The van der Waals surface area contributed by atoms with Crippen LogP contribution in [0.5, 0.6) is 0 Å². The van der Waals surface area contributed by atoms with Crippen LogP contribution in [0.4, 0.5) is 13.2 Å². The van der Waals surface area contributed by atoms with Crippen molar-refractivity contribution in [3.63, 3.8) is 0 Å². The van der Waals surface area contributed by atoms with Gasteiger partial charge in [-0.2, -0.15) is 13.2 Å². The smallest absolute Gasteiger partial charge is 0.360 e. The number of hydrogen-bond acceptors (Lipinski definition) is 2. The summed E-state index contributed by atoms with van der Waals surface area (Å²) in [6, 6.07) is 5.05. The minimum absolute atomic E-state index is 0.131. The van der Waals surface area contributed by atoms with E-state index in [1.807, 2.05) is 0 Å². The molecule has 3 aromatic rings. The van der Waals surface area contributed by atoms with Crippen LogP contribution < -0.4 is 5.56 Å². The first-order valence-electron chi connectivity index (χ1n) is 6.84. The molecule has 3 rings (SSSR count). The first kappa shape index (κ1) is 16.3. The number of aromatic nitrogens is 2. The summed E-state index contributed by atoms with van der Waals surface area (Å²) in [6.07, 6.45) is -1.12. The Hall–Kier alpha value is -2.54. The average molecular weight is 355 g/mol. The molecule has 0 amide bonds. The van der Waals surface area contributed by atoms with E-state index in [1.54, 1.807) is 6.07 Å². The molecule has 4 nitrogen and oxygen atoms in total. The fourth-order valence-electron chi connectivity index (χ4n) is 2.54. The molecule has 0 saturated heterocycles. The number of pyridine rings is 1. The Kier molecular flexibility index (Phi) is 3.96. The van der Waals surface area contributed by atoms with Gasteiger partial charge in [0.05, 0.1) is 28.0 Å². The Morgan fingerprint density at radius 3 is 2.67 bits per heavy atom. The molecule has 2 heterocycles. The molecule has 0 saturated carbocycles. The van der Waals surface area contributed by atoms with Crippen molar-refractivity contribution in [2.24, 2.45) is 0 Å². The van der Waals surface area contributed by atoms with Crippen LogP contribution in [0.1, 0.15) is 5.56 Å². The third-order valence-electron chi connectivity index (χ3n) is 3.66. The minimum Gasteiger partial charge on any atom is -0.360 e. The van der Waals surface area contributed by atoms with Crippen LogP contribution in [0, 0.1) is 0 Å². The number of rotatable bonds is 3. The van der Waals surface area contributed by atoms with Crippen LogP contribution in [0.3, 0.4) is 0 Å². The Morgan fingerprint density at radius 2 is 2.00 bits per heavy atom. The summed E-state index contributed by atoms with van der Waals surface area (Å²) in [7, 11) is 0. The van der Waals surface area contributed by atoms with E-state index in [2.05, 4.69) is 4.98 Å². The standard InChI is InChI=1S/C16H10ClF3N2O2/c17-12-2-1-9(7-11(12)16(18,19)20)10-8-21-13-3-4-22(5-6-23)15(24)14(10)13/h1-4,6-8,21H,5H2.